The number of ether oxygens (including phenoxy) is 4. The van der Waals surface area contributed by atoms with Crippen molar-refractivity contribution in [1.82, 2.24) is 14.7 Å². The van der Waals surface area contributed by atoms with E-state index in [1.54, 1.807) is 4.90 Å². The molecule has 0 bridgehead atoms. The predicted molar refractivity (Wildman–Crippen MR) is 178 cm³/mol. The minimum atomic E-state index is -0.707. The Morgan fingerprint density at radius 2 is 1.83 bits per heavy atom. The van der Waals surface area contributed by atoms with Crippen LogP contribution in [0.3, 0.4) is 0 Å². The molecule has 1 saturated carbocycles. The van der Waals surface area contributed by atoms with E-state index in [1.165, 1.54) is 0 Å². The Morgan fingerprint density at radius 3 is 2.49 bits per heavy atom. The van der Waals surface area contributed by atoms with Gasteiger partial charge in [0.1, 0.15) is 11.7 Å². The van der Waals surface area contributed by atoms with Gasteiger partial charge in [-0.3, -0.25) is 0 Å². The number of nitrogens with zero attached hydrogens (tertiary/aromatic N) is 3. The van der Waals surface area contributed by atoms with Gasteiger partial charge in [0.2, 0.25) is 0 Å². The SMILES string of the molecule is CC(C)(C)OC(=O)N1CCCC2(CC(OC(=O)OCCc3c(Cl)cc4c(cnn4C4CCCCO4)c3B3OC(C)(C)C(C)(C)O3)C2)C1. The number of piperidine rings is 1. The average Bonchev–Trinajstić information content (AvgIpc) is 3.48. The summed E-state index contributed by atoms with van der Waals surface area (Å²) in [6.07, 6.45) is 7.05. The molecule has 3 saturated heterocycles. The van der Waals surface area contributed by atoms with E-state index in [9.17, 15) is 9.59 Å². The van der Waals surface area contributed by atoms with Gasteiger partial charge in [-0.25, -0.2) is 14.3 Å². The predicted octanol–water partition coefficient (Wildman–Crippen LogP) is 6.56. The molecule has 4 heterocycles. The van der Waals surface area contributed by atoms with Crippen molar-refractivity contribution in [3.63, 3.8) is 0 Å². The van der Waals surface area contributed by atoms with E-state index in [0.29, 0.717) is 44.0 Å². The molecule has 258 valence electrons. The molecule has 1 aromatic carbocycles. The third-order valence-electron chi connectivity index (χ3n) is 10.4. The second-order valence-corrected chi connectivity index (χ2v) is 16.1. The summed E-state index contributed by atoms with van der Waals surface area (Å²) in [4.78, 5) is 27.2. The molecular formula is C34H49BClN3O8. The lowest BCUT2D eigenvalue weighted by Crippen LogP contribution is -2.55. The molecule has 1 amide bonds. The highest BCUT2D eigenvalue weighted by molar-refractivity contribution is 6.66. The molecule has 1 atom stereocenters. The van der Waals surface area contributed by atoms with Crippen LogP contribution in [0.25, 0.3) is 10.9 Å². The molecule has 4 aliphatic rings. The van der Waals surface area contributed by atoms with Crippen LogP contribution < -0.4 is 5.46 Å². The van der Waals surface area contributed by atoms with Gasteiger partial charge in [0.25, 0.3) is 0 Å². The summed E-state index contributed by atoms with van der Waals surface area (Å²) in [5.74, 6) is 0. The number of rotatable bonds is 6. The van der Waals surface area contributed by atoms with Gasteiger partial charge in [0.15, 0.2) is 6.23 Å². The minimum Gasteiger partial charge on any atom is -0.444 e. The molecule has 1 unspecified atom stereocenters. The molecule has 13 heteroatoms. The van der Waals surface area contributed by atoms with Crippen LogP contribution in [0, 0.1) is 5.41 Å². The van der Waals surface area contributed by atoms with Gasteiger partial charge in [-0.15, -0.1) is 0 Å². The summed E-state index contributed by atoms with van der Waals surface area (Å²) in [5, 5.41) is 6.10. The Labute approximate surface area is 283 Å². The molecule has 1 aromatic heterocycles. The van der Waals surface area contributed by atoms with E-state index in [4.69, 9.17) is 45.0 Å². The smallest absolute Gasteiger partial charge is 0.444 e. The van der Waals surface area contributed by atoms with Crippen molar-refractivity contribution in [1.29, 1.82) is 0 Å². The van der Waals surface area contributed by atoms with E-state index >= 15 is 0 Å². The van der Waals surface area contributed by atoms with Crippen LogP contribution in [0.5, 0.6) is 0 Å². The number of hydrogen-bond donors (Lipinski definition) is 0. The van der Waals surface area contributed by atoms with Crippen LogP contribution in [-0.4, -0.2) is 83.3 Å². The Morgan fingerprint density at radius 1 is 1.11 bits per heavy atom. The lowest BCUT2D eigenvalue weighted by atomic mass is 9.62. The van der Waals surface area contributed by atoms with Gasteiger partial charge in [-0.05, 0) is 116 Å². The number of aromatic nitrogens is 2. The largest absolute Gasteiger partial charge is 0.508 e. The van der Waals surface area contributed by atoms with Crippen LogP contribution in [-0.2, 0) is 34.7 Å². The van der Waals surface area contributed by atoms with Crippen LogP contribution in [0.2, 0.25) is 5.02 Å². The Bertz CT molecular complexity index is 1480. The van der Waals surface area contributed by atoms with Crippen molar-refractivity contribution in [3.05, 3.63) is 22.8 Å². The molecule has 1 aliphatic carbocycles. The number of carbonyl (C=O) groups excluding carboxylic acids is 2. The van der Waals surface area contributed by atoms with Crippen LogP contribution >= 0.6 is 11.6 Å². The van der Waals surface area contributed by atoms with E-state index < -0.39 is 30.1 Å². The molecule has 1 spiro atoms. The van der Waals surface area contributed by atoms with E-state index in [1.807, 2.05) is 65.4 Å². The van der Waals surface area contributed by atoms with Gasteiger partial charge >= 0.3 is 19.4 Å². The summed E-state index contributed by atoms with van der Waals surface area (Å²) in [7, 11) is -0.685. The van der Waals surface area contributed by atoms with Crippen molar-refractivity contribution < 1.29 is 37.8 Å². The third kappa shape index (κ3) is 7.12. The summed E-state index contributed by atoms with van der Waals surface area (Å²) in [5.41, 5.74) is 0.711. The monoisotopic (exact) mass is 673 g/mol. The zero-order valence-corrected chi connectivity index (χ0v) is 29.6. The van der Waals surface area contributed by atoms with Gasteiger partial charge in [-0.2, -0.15) is 5.10 Å². The van der Waals surface area contributed by atoms with Crippen molar-refractivity contribution in [2.75, 3.05) is 26.3 Å². The van der Waals surface area contributed by atoms with Crippen LogP contribution in [0.15, 0.2) is 12.3 Å². The number of fused-ring (bicyclic) bond motifs is 1. The Balaban J connectivity index is 1.11. The van der Waals surface area contributed by atoms with Crippen molar-refractivity contribution in [2.45, 2.75) is 129 Å². The highest BCUT2D eigenvalue weighted by atomic mass is 35.5. The number of likely N-dealkylation sites (tertiary alicyclic amines) is 1. The molecule has 3 aliphatic heterocycles. The zero-order valence-electron chi connectivity index (χ0n) is 28.9. The Kier molecular flexibility index (Phi) is 9.30. The molecule has 47 heavy (non-hydrogen) atoms. The van der Waals surface area contributed by atoms with Gasteiger partial charge in [0, 0.05) is 36.5 Å². The summed E-state index contributed by atoms with van der Waals surface area (Å²) in [6.45, 7) is 15.7. The van der Waals surface area contributed by atoms with E-state index in [0.717, 1.165) is 54.0 Å². The maximum absolute atomic E-state index is 12.8. The topological polar surface area (TPSA) is 111 Å². The first kappa shape index (κ1) is 34.3. The summed E-state index contributed by atoms with van der Waals surface area (Å²) >= 11 is 6.98. The van der Waals surface area contributed by atoms with Crippen molar-refractivity contribution in [3.8, 4) is 0 Å². The molecule has 0 radical (unpaired) electrons. The summed E-state index contributed by atoms with van der Waals surface area (Å²) in [6, 6.07) is 1.91. The lowest BCUT2D eigenvalue weighted by Gasteiger charge is -2.51. The number of halogens is 1. The number of amides is 1. The minimum absolute atomic E-state index is 0.0477. The fourth-order valence-corrected chi connectivity index (χ4v) is 7.57. The number of carbonyl (C=O) groups is 2. The van der Waals surface area contributed by atoms with Crippen molar-refractivity contribution in [2.24, 2.45) is 5.41 Å². The second kappa shape index (κ2) is 12.7. The third-order valence-corrected chi connectivity index (χ3v) is 10.7. The maximum Gasteiger partial charge on any atom is 0.508 e. The molecule has 11 nitrogen and oxygen atoms in total. The highest BCUT2D eigenvalue weighted by Gasteiger charge is 2.53. The van der Waals surface area contributed by atoms with Crippen LogP contribution in [0.4, 0.5) is 9.59 Å². The first-order valence-electron chi connectivity index (χ1n) is 17.0. The first-order chi connectivity index (χ1) is 22.1. The Hall–Kier alpha value is -2.54. The zero-order chi connectivity index (χ0) is 33.8. The quantitative estimate of drug-likeness (QED) is 0.249. The van der Waals surface area contributed by atoms with Gasteiger partial charge < -0.3 is 33.2 Å². The molecule has 0 N–H and O–H groups in total. The lowest BCUT2D eigenvalue weighted by molar-refractivity contribution is -0.0953. The second-order valence-electron chi connectivity index (χ2n) is 15.7. The molecular weight excluding hydrogens is 625 g/mol. The highest BCUT2D eigenvalue weighted by Crippen LogP contribution is 2.49. The van der Waals surface area contributed by atoms with Gasteiger partial charge in [-0.1, -0.05) is 11.6 Å². The fourth-order valence-electron chi connectivity index (χ4n) is 7.27. The average molecular weight is 674 g/mol. The van der Waals surface area contributed by atoms with E-state index in [-0.39, 0.29) is 30.4 Å². The molecule has 2 aromatic rings. The normalized spacial score (nSPS) is 27.1. The van der Waals surface area contributed by atoms with Crippen LogP contribution in [0.1, 0.15) is 105 Å². The number of hydrogen-bond acceptors (Lipinski definition) is 9. The fraction of sp³-hybridized carbons (Fsp3) is 0.735. The summed E-state index contributed by atoms with van der Waals surface area (Å²) < 4.78 is 37.8. The standard InChI is InChI=1S/C34H49BClN3O8/c1-31(2,3)45-29(40)38-14-10-13-34(21-38)18-22(19-34)44-30(41)43-16-12-23-25(36)17-26-24(20-37-39(26)27-11-8-9-15-42-27)28(23)35-46-32(4,5)33(6,7)47-35/h17,20,22,27H,8-16,18-19,21H2,1-7H3. The molecule has 6 rings (SSSR count). The first-order valence-corrected chi connectivity index (χ1v) is 17.4. The number of benzene rings is 1. The van der Waals surface area contributed by atoms with E-state index in [2.05, 4.69) is 0 Å². The molecule has 4 fully saturated rings. The van der Waals surface area contributed by atoms with Gasteiger partial charge in [0.05, 0.1) is 29.5 Å². The van der Waals surface area contributed by atoms with Crippen molar-refractivity contribution >= 4 is 47.3 Å². The maximum atomic E-state index is 12.8.